The number of benzene rings is 1. The largest absolute Gasteiger partial charge is 0.287 e. The minimum Gasteiger partial charge on any atom is -0.258 e. The molecule has 0 saturated carbocycles. The molecular weight excluding hydrogens is 161 g/mol. The number of hydrogen-bond donors (Lipinski definition) is 0. The van der Waals surface area contributed by atoms with Crippen molar-refractivity contribution in [1.29, 1.82) is 0 Å². The van der Waals surface area contributed by atoms with Gasteiger partial charge in [-0.2, -0.15) is 0 Å². The van der Waals surface area contributed by atoms with Gasteiger partial charge in [0.2, 0.25) is 0 Å². The molecule has 0 aliphatic heterocycles. The second-order valence-corrected chi connectivity index (χ2v) is 2.06. The molecule has 4 heteroatoms. The Balaban J connectivity index is 3.34. The van der Waals surface area contributed by atoms with E-state index in [-0.39, 0.29) is 11.3 Å². The van der Waals surface area contributed by atoms with E-state index in [2.05, 4.69) is 5.92 Å². The Bertz CT molecular complexity index is 368. The highest BCUT2D eigenvalue weighted by atomic mass is 19.1. The fourth-order valence-electron chi connectivity index (χ4n) is 0.778. The van der Waals surface area contributed by atoms with E-state index in [0.29, 0.717) is 0 Å². The van der Waals surface area contributed by atoms with E-state index in [0.717, 1.165) is 12.1 Å². The monoisotopic (exact) mass is 165 g/mol. The number of terminal acetylenes is 1. The Labute approximate surface area is 68.0 Å². The van der Waals surface area contributed by atoms with Gasteiger partial charge in [-0.05, 0) is 12.1 Å². The maximum Gasteiger partial charge on any atom is 0.287 e. The van der Waals surface area contributed by atoms with Crippen LogP contribution >= 0.6 is 0 Å². The Hall–Kier alpha value is -1.89. The predicted molar refractivity (Wildman–Crippen MR) is 41.0 cm³/mol. The molecule has 0 heterocycles. The number of nitro groups is 1. The molecule has 0 atom stereocenters. The molecule has 0 saturated heterocycles. The topological polar surface area (TPSA) is 43.1 Å². The van der Waals surface area contributed by atoms with Gasteiger partial charge in [0.15, 0.2) is 0 Å². The zero-order valence-electron chi connectivity index (χ0n) is 5.95. The van der Waals surface area contributed by atoms with Crippen LogP contribution in [0.5, 0.6) is 0 Å². The third-order valence-corrected chi connectivity index (χ3v) is 1.31. The van der Waals surface area contributed by atoms with E-state index in [4.69, 9.17) is 6.42 Å². The number of halogens is 1. The van der Waals surface area contributed by atoms with Crippen molar-refractivity contribution in [3.63, 3.8) is 0 Å². The Kier molecular flexibility index (Phi) is 2.06. The van der Waals surface area contributed by atoms with E-state index in [9.17, 15) is 14.5 Å². The van der Waals surface area contributed by atoms with Crippen LogP contribution in [0.15, 0.2) is 18.2 Å². The third-order valence-electron chi connectivity index (χ3n) is 1.31. The van der Waals surface area contributed by atoms with Crippen molar-refractivity contribution >= 4 is 5.69 Å². The molecule has 12 heavy (non-hydrogen) atoms. The first-order chi connectivity index (χ1) is 5.65. The average Bonchev–Trinajstić information content (AvgIpc) is 2.04. The van der Waals surface area contributed by atoms with Crippen molar-refractivity contribution in [3.8, 4) is 12.3 Å². The van der Waals surface area contributed by atoms with Crippen molar-refractivity contribution in [2.75, 3.05) is 0 Å². The SMILES string of the molecule is C#Cc1ccc(F)cc1[N+](=O)[O-]. The first-order valence-electron chi connectivity index (χ1n) is 3.05. The zero-order valence-corrected chi connectivity index (χ0v) is 5.95. The molecule has 60 valence electrons. The summed E-state index contributed by atoms with van der Waals surface area (Å²) in [5.41, 5.74) is -0.293. The van der Waals surface area contributed by atoms with Crippen LogP contribution in [0.1, 0.15) is 5.56 Å². The number of nitro benzene ring substituents is 1. The van der Waals surface area contributed by atoms with Gasteiger partial charge in [0, 0.05) is 0 Å². The van der Waals surface area contributed by atoms with Crippen LogP contribution in [0.4, 0.5) is 10.1 Å². The molecule has 0 aliphatic carbocycles. The second kappa shape index (κ2) is 3.01. The second-order valence-electron chi connectivity index (χ2n) is 2.06. The van der Waals surface area contributed by atoms with Gasteiger partial charge in [0.25, 0.3) is 5.69 Å². The fourth-order valence-corrected chi connectivity index (χ4v) is 0.778. The molecule has 0 aliphatic rings. The standard InChI is InChI=1S/C8H4FNO2/c1-2-6-3-4-7(9)5-8(6)10(11)12/h1,3-5H. The molecule has 0 fully saturated rings. The van der Waals surface area contributed by atoms with Crippen LogP contribution in [0.25, 0.3) is 0 Å². The fraction of sp³-hybridized carbons (Fsp3) is 0. The van der Waals surface area contributed by atoms with Crippen LogP contribution in [-0.4, -0.2) is 4.92 Å². The first kappa shape index (κ1) is 8.21. The molecule has 1 rings (SSSR count). The zero-order chi connectivity index (χ0) is 9.14. The van der Waals surface area contributed by atoms with Crippen molar-refractivity contribution in [3.05, 3.63) is 39.7 Å². The Morgan fingerprint density at radius 1 is 1.58 bits per heavy atom. The lowest BCUT2D eigenvalue weighted by Crippen LogP contribution is -1.92. The van der Waals surface area contributed by atoms with Gasteiger partial charge in [-0.1, -0.05) is 5.92 Å². The molecule has 3 nitrogen and oxygen atoms in total. The summed E-state index contributed by atoms with van der Waals surface area (Å²) in [6.07, 6.45) is 4.96. The van der Waals surface area contributed by atoms with E-state index in [1.54, 1.807) is 0 Å². The van der Waals surface area contributed by atoms with Gasteiger partial charge in [-0.3, -0.25) is 10.1 Å². The minimum absolute atomic E-state index is 0.0846. The van der Waals surface area contributed by atoms with Crippen LogP contribution in [0, 0.1) is 28.3 Å². The molecule has 0 bridgehead atoms. The normalized spacial score (nSPS) is 9.00. The molecular formula is C8H4FNO2. The smallest absolute Gasteiger partial charge is 0.258 e. The van der Waals surface area contributed by atoms with E-state index in [1.807, 2.05) is 0 Å². The highest BCUT2D eigenvalue weighted by Crippen LogP contribution is 2.18. The maximum absolute atomic E-state index is 12.5. The first-order valence-corrected chi connectivity index (χ1v) is 3.05. The molecule has 1 aromatic rings. The number of rotatable bonds is 1. The third kappa shape index (κ3) is 1.40. The quantitative estimate of drug-likeness (QED) is 0.361. The van der Waals surface area contributed by atoms with Crippen LogP contribution < -0.4 is 0 Å². The summed E-state index contributed by atoms with van der Waals surface area (Å²) in [7, 11) is 0. The van der Waals surface area contributed by atoms with Gasteiger partial charge >= 0.3 is 0 Å². The van der Waals surface area contributed by atoms with E-state index < -0.39 is 10.7 Å². The van der Waals surface area contributed by atoms with Gasteiger partial charge in [-0.25, -0.2) is 4.39 Å². The van der Waals surface area contributed by atoms with Crippen molar-refractivity contribution in [1.82, 2.24) is 0 Å². The molecule has 0 radical (unpaired) electrons. The number of nitrogens with zero attached hydrogens (tertiary/aromatic N) is 1. The minimum atomic E-state index is -0.710. The van der Waals surface area contributed by atoms with Crippen LogP contribution in [0.3, 0.4) is 0 Å². The molecule has 0 N–H and O–H groups in total. The van der Waals surface area contributed by atoms with Gasteiger partial charge < -0.3 is 0 Å². The molecule has 0 unspecified atom stereocenters. The average molecular weight is 165 g/mol. The Morgan fingerprint density at radius 3 is 2.75 bits per heavy atom. The van der Waals surface area contributed by atoms with Gasteiger partial charge in [0.05, 0.1) is 11.0 Å². The summed E-state index contributed by atoms with van der Waals surface area (Å²) in [4.78, 5) is 9.57. The van der Waals surface area contributed by atoms with Gasteiger partial charge in [0.1, 0.15) is 11.4 Å². The van der Waals surface area contributed by atoms with Crippen LogP contribution in [-0.2, 0) is 0 Å². The van der Waals surface area contributed by atoms with Crippen LogP contribution in [0.2, 0.25) is 0 Å². The summed E-state index contributed by atoms with van der Waals surface area (Å²) in [6.45, 7) is 0. The molecule has 0 spiro atoms. The predicted octanol–water partition coefficient (Wildman–Crippen LogP) is 1.72. The summed E-state index contributed by atoms with van der Waals surface area (Å²) in [6, 6.07) is 3.09. The van der Waals surface area contributed by atoms with Gasteiger partial charge in [-0.15, -0.1) is 6.42 Å². The molecule has 0 amide bonds. The lowest BCUT2D eigenvalue weighted by atomic mass is 10.2. The summed E-state index contributed by atoms with van der Waals surface area (Å²) < 4.78 is 12.5. The maximum atomic E-state index is 12.5. The van der Waals surface area contributed by atoms with Crippen molar-refractivity contribution < 1.29 is 9.31 Å². The molecule has 1 aromatic carbocycles. The summed E-state index contributed by atoms with van der Waals surface area (Å²) in [5, 5.41) is 10.3. The van der Waals surface area contributed by atoms with Crippen molar-refractivity contribution in [2.45, 2.75) is 0 Å². The summed E-state index contributed by atoms with van der Waals surface area (Å²) in [5.74, 6) is 1.43. The highest BCUT2D eigenvalue weighted by molar-refractivity contribution is 5.49. The van der Waals surface area contributed by atoms with E-state index in [1.165, 1.54) is 6.07 Å². The Morgan fingerprint density at radius 2 is 2.25 bits per heavy atom. The highest BCUT2D eigenvalue weighted by Gasteiger charge is 2.12. The summed E-state index contributed by atoms with van der Waals surface area (Å²) >= 11 is 0. The number of hydrogen-bond acceptors (Lipinski definition) is 2. The lowest BCUT2D eigenvalue weighted by molar-refractivity contribution is -0.385. The molecule has 0 aromatic heterocycles. The van der Waals surface area contributed by atoms with Crippen molar-refractivity contribution in [2.24, 2.45) is 0 Å². The van der Waals surface area contributed by atoms with E-state index >= 15 is 0 Å². The lowest BCUT2D eigenvalue weighted by Gasteiger charge is -1.94.